The van der Waals surface area contributed by atoms with Crippen molar-refractivity contribution in [3.05, 3.63) is 12.2 Å². The van der Waals surface area contributed by atoms with Crippen molar-refractivity contribution in [3.8, 4) is 0 Å². The van der Waals surface area contributed by atoms with Crippen LogP contribution < -0.4 is 0 Å². The number of carboxylic acid groups (broad SMARTS) is 3. The summed E-state index contributed by atoms with van der Waals surface area (Å²) >= 11 is 0. The fraction of sp³-hybridized carbons (Fsp3) is 0.286. The first-order valence-corrected chi connectivity index (χ1v) is 3.32. The standard InChI is InChI=1S/C4H4O4.C3H6O3/c5-3(6)1-2-4(7)8;1-2(4)3(5)6/h1-2H,(H,5,6)(H,7,8);2,4H,1H3,(H,5,6)/b2-1+;. The van der Waals surface area contributed by atoms with E-state index in [1.807, 2.05) is 0 Å². The molecule has 0 aliphatic rings. The highest BCUT2D eigenvalue weighted by atomic mass is 16.4. The third kappa shape index (κ3) is 16.6. The van der Waals surface area contributed by atoms with Gasteiger partial charge in [0.1, 0.15) is 6.10 Å². The van der Waals surface area contributed by atoms with Crippen molar-refractivity contribution in [1.29, 1.82) is 0 Å². The Labute approximate surface area is 78.9 Å². The van der Waals surface area contributed by atoms with Crippen molar-refractivity contribution in [2.45, 2.75) is 13.0 Å². The fourth-order valence-electron chi connectivity index (χ4n) is 0.143. The lowest BCUT2D eigenvalue weighted by atomic mass is 10.4. The van der Waals surface area contributed by atoms with Gasteiger partial charge in [0.2, 0.25) is 0 Å². The van der Waals surface area contributed by atoms with Gasteiger partial charge in [0.15, 0.2) is 0 Å². The molecule has 7 nitrogen and oxygen atoms in total. The molecule has 1 atom stereocenters. The number of aliphatic hydroxyl groups excluding tert-OH is 1. The second kappa shape index (κ2) is 7.74. The molecule has 0 spiro atoms. The largest absolute Gasteiger partial charge is 0.479 e. The third-order valence-corrected chi connectivity index (χ3v) is 0.726. The molecule has 80 valence electrons. The molecule has 0 amide bonds. The Kier molecular flexibility index (Phi) is 8.09. The zero-order valence-corrected chi connectivity index (χ0v) is 7.25. The molecule has 0 aliphatic carbocycles. The first-order chi connectivity index (χ1) is 6.27. The maximum atomic E-state index is 9.55. The van der Waals surface area contributed by atoms with Gasteiger partial charge in [-0.1, -0.05) is 0 Å². The zero-order chi connectivity index (χ0) is 11.7. The van der Waals surface area contributed by atoms with Gasteiger partial charge in [-0.05, 0) is 6.92 Å². The number of hydrogen-bond acceptors (Lipinski definition) is 4. The molecule has 0 heterocycles. The Bertz CT molecular complexity index is 224. The van der Waals surface area contributed by atoms with Crippen LogP contribution >= 0.6 is 0 Å². The van der Waals surface area contributed by atoms with Crippen molar-refractivity contribution in [2.24, 2.45) is 0 Å². The van der Waals surface area contributed by atoms with Crippen LogP contribution in [-0.2, 0) is 14.4 Å². The Morgan fingerprint density at radius 2 is 1.21 bits per heavy atom. The first-order valence-electron chi connectivity index (χ1n) is 3.32. The van der Waals surface area contributed by atoms with E-state index in [0.29, 0.717) is 12.2 Å². The van der Waals surface area contributed by atoms with Crippen molar-refractivity contribution >= 4 is 17.9 Å². The van der Waals surface area contributed by atoms with Gasteiger partial charge in [0.25, 0.3) is 0 Å². The topological polar surface area (TPSA) is 132 Å². The van der Waals surface area contributed by atoms with E-state index in [1.165, 1.54) is 6.92 Å². The van der Waals surface area contributed by atoms with E-state index in [0.717, 1.165) is 0 Å². The van der Waals surface area contributed by atoms with Gasteiger partial charge < -0.3 is 20.4 Å². The zero-order valence-electron chi connectivity index (χ0n) is 7.25. The van der Waals surface area contributed by atoms with Gasteiger partial charge in [0.05, 0.1) is 0 Å². The summed E-state index contributed by atoms with van der Waals surface area (Å²) in [6.45, 7) is 1.20. The molecule has 0 saturated carbocycles. The predicted octanol–water partition coefficient (Wildman–Crippen LogP) is -0.836. The molecular formula is C7H10O7. The smallest absolute Gasteiger partial charge is 0.332 e. The molecule has 0 aromatic rings. The second-order valence-electron chi connectivity index (χ2n) is 2.02. The SMILES string of the molecule is CC(O)C(=O)O.O=C(O)/C=C/C(=O)O. The minimum absolute atomic E-state index is 0.558. The lowest BCUT2D eigenvalue weighted by Gasteiger charge is -1.89. The summed E-state index contributed by atoms with van der Waals surface area (Å²) in [6.07, 6.45) is -0.116. The van der Waals surface area contributed by atoms with Crippen LogP contribution in [0.4, 0.5) is 0 Å². The highest BCUT2D eigenvalue weighted by Gasteiger charge is 2.01. The van der Waals surface area contributed by atoms with E-state index in [1.54, 1.807) is 0 Å². The Hall–Kier alpha value is -1.89. The summed E-state index contributed by atoms with van der Waals surface area (Å²) in [4.78, 5) is 28.6. The fourth-order valence-corrected chi connectivity index (χ4v) is 0.143. The van der Waals surface area contributed by atoms with Crippen molar-refractivity contribution in [1.82, 2.24) is 0 Å². The highest BCUT2D eigenvalue weighted by Crippen LogP contribution is 1.73. The molecule has 4 N–H and O–H groups in total. The van der Waals surface area contributed by atoms with E-state index in [4.69, 9.17) is 20.4 Å². The minimum atomic E-state index is -1.26. The van der Waals surface area contributed by atoms with Crippen molar-refractivity contribution in [3.63, 3.8) is 0 Å². The summed E-state index contributed by atoms with van der Waals surface area (Å²) in [5.41, 5.74) is 0. The molecule has 14 heavy (non-hydrogen) atoms. The maximum Gasteiger partial charge on any atom is 0.332 e. The number of rotatable bonds is 3. The summed E-state index contributed by atoms with van der Waals surface area (Å²) in [6, 6.07) is 0. The van der Waals surface area contributed by atoms with Crippen LogP contribution in [-0.4, -0.2) is 44.4 Å². The maximum absolute atomic E-state index is 9.55. The van der Waals surface area contributed by atoms with E-state index in [-0.39, 0.29) is 0 Å². The van der Waals surface area contributed by atoms with Gasteiger partial charge in [-0.2, -0.15) is 0 Å². The van der Waals surface area contributed by atoms with Crippen LogP contribution in [0.2, 0.25) is 0 Å². The Morgan fingerprint density at radius 3 is 1.29 bits per heavy atom. The van der Waals surface area contributed by atoms with E-state index in [2.05, 4.69) is 0 Å². The molecule has 0 radical (unpaired) electrons. The molecule has 1 unspecified atom stereocenters. The van der Waals surface area contributed by atoms with Gasteiger partial charge >= 0.3 is 17.9 Å². The Balaban J connectivity index is 0. The molecule has 0 bridgehead atoms. The van der Waals surface area contributed by atoms with E-state index < -0.39 is 24.0 Å². The second-order valence-corrected chi connectivity index (χ2v) is 2.02. The van der Waals surface area contributed by atoms with Crippen LogP contribution in [0.25, 0.3) is 0 Å². The number of carboxylic acids is 3. The monoisotopic (exact) mass is 206 g/mol. The van der Waals surface area contributed by atoms with E-state index >= 15 is 0 Å². The molecule has 0 aromatic heterocycles. The van der Waals surface area contributed by atoms with Gasteiger partial charge in [-0.3, -0.25) is 0 Å². The van der Waals surface area contributed by atoms with Crippen LogP contribution in [0.15, 0.2) is 12.2 Å². The normalized spacial score (nSPS) is 11.3. The predicted molar refractivity (Wildman–Crippen MR) is 43.7 cm³/mol. The molecular weight excluding hydrogens is 196 g/mol. The van der Waals surface area contributed by atoms with Gasteiger partial charge in [-0.15, -0.1) is 0 Å². The summed E-state index contributed by atoms with van der Waals surface area (Å²) in [5, 5.41) is 31.4. The van der Waals surface area contributed by atoms with Gasteiger partial charge in [0, 0.05) is 12.2 Å². The van der Waals surface area contributed by atoms with Crippen LogP contribution in [0, 0.1) is 0 Å². The van der Waals surface area contributed by atoms with Crippen LogP contribution in [0.1, 0.15) is 6.92 Å². The lowest BCUT2D eigenvalue weighted by Crippen LogP contribution is -2.13. The third-order valence-electron chi connectivity index (χ3n) is 0.726. The summed E-state index contributed by atoms with van der Waals surface area (Å²) in [7, 11) is 0. The van der Waals surface area contributed by atoms with E-state index in [9.17, 15) is 14.4 Å². The Morgan fingerprint density at radius 1 is 1.00 bits per heavy atom. The quantitative estimate of drug-likeness (QED) is 0.442. The number of aliphatic carboxylic acids is 3. The lowest BCUT2D eigenvalue weighted by molar-refractivity contribution is -0.145. The molecule has 0 aliphatic heterocycles. The first kappa shape index (κ1) is 14.6. The van der Waals surface area contributed by atoms with Crippen molar-refractivity contribution in [2.75, 3.05) is 0 Å². The number of carbonyl (C=O) groups is 3. The summed E-state index contributed by atoms with van der Waals surface area (Å²) < 4.78 is 0. The van der Waals surface area contributed by atoms with Crippen LogP contribution in [0.3, 0.4) is 0 Å². The van der Waals surface area contributed by atoms with Gasteiger partial charge in [-0.25, -0.2) is 14.4 Å². The molecule has 0 aromatic carbocycles. The average Bonchev–Trinajstić information content (AvgIpc) is 2.01. The number of aliphatic hydroxyl groups is 1. The van der Waals surface area contributed by atoms with Crippen LogP contribution in [0.5, 0.6) is 0 Å². The van der Waals surface area contributed by atoms with Crippen molar-refractivity contribution < 1.29 is 34.8 Å². The molecule has 0 saturated heterocycles. The molecule has 7 heteroatoms. The molecule has 0 fully saturated rings. The average molecular weight is 206 g/mol. The summed E-state index contributed by atoms with van der Waals surface area (Å²) in [5.74, 6) is -3.70. The number of hydrogen-bond donors (Lipinski definition) is 4. The highest BCUT2D eigenvalue weighted by molar-refractivity contribution is 5.89. The molecule has 0 rings (SSSR count). The minimum Gasteiger partial charge on any atom is -0.479 e.